The standard InChI is InChI=1S/C12H20O2/c1-9(2)8-14-11-6-4-5-10(3)12(13)7-11/h7,9-10H,4-6,8H2,1-3H3/t10-/m1/s1. The summed E-state index contributed by atoms with van der Waals surface area (Å²) in [5.74, 6) is 1.80. The second kappa shape index (κ2) is 5.18. The molecule has 0 saturated heterocycles. The molecule has 0 amide bonds. The molecule has 0 aromatic rings. The lowest BCUT2D eigenvalue weighted by Crippen LogP contribution is -2.06. The van der Waals surface area contributed by atoms with Crippen LogP contribution in [0.5, 0.6) is 0 Å². The Balaban J connectivity index is 2.50. The van der Waals surface area contributed by atoms with Gasteiger partial charge in [-0.25, -0.2) is 0 Å². The molecule has 14 heavy (non-hydrogen) atoms. The Morgan fingerprint density at radius 3 is 2.93 bits per heavy atom. The molecule has 80 valence electrons. The van der Waals surface area contributed by atoms with Crippen LogP contribution >= 0.6 is 0 Å². The van der Waals surface area contributed by atoms with Crippen molar-refractivity contribution in [2.45, 2.75) is 40.0 Å². The maximum absolute atomic E-state index is 11.5. The second-order valence-corrected chi connectivity index (χ2v) is 4.51. The highest BCUT2D eigenvalue weighted by molar-refractivity contribution is 5.92. The van der Waals surface area contributed by atoms with Crippen molar-refractivity contribution in [2.24, 2.45) is 11.8 Å². The van der Waals surface area contributed by atoms with Crippen LogP contribution in [0.3, 0.4) is 0 Å². The van der Waals surface area contributed by atoms with E-state index in [-0.39, 0.29) is 11.7 Å². The Bertz CT molecular complexity index is 228. The zero-order valence-corrected chi connectivity index (χ0v) is 9.38. The third-order valence-electron chi connectivity index (χ3n) is 2.45. The van der Waals surface area contributed by atoms with Crippen molar-refractivity contribution in [3.05, 3.63) is 11.8 Å². The number of hydrogen-bond acceptors (Lipinski definition) is 2. The first kappa shape index (κ1) is 11.3. The summed E-state index contributed by atoms with van der Waals surface area (Å²) in [4.78, 5) is 11.5. The molecule has 0 heterocycles. The molecule has 1 atom stereocenters. The van der Waals surface area contributed by atoms with Gasteiger partial charge in [0.25, 0.3) is 0 Å². The van der Waals surface area contributed by atoms with E-state index in [1.165, 1.54) is 0 Å². The van der Waals surface area contributed by atoms with Gasteiger partial charge in [-0.3, -0.25) is 4.79 Å². The molecule has 0 saturated carbocycles. The molecular formula is C12H20O2. The molecule has 0 bridgehead atoms. The Morgan fingerprint density at radius 2 is 2.29 bits per heavy atom. The molecule has 0 radical (unpaired) electrons. The van der Waals surface area contributed by atoms with Crippen molar-refractivity contribution in [1.82, 2.24) is 0 Å². The first-order valence-corrected chi connectivity index (χ1v) is 5.47. The predicted molar refractivity (Wildman–Crippen MR) is 56.9 cm³/mol. The largest absolute Gasteiger partial charge is 0.498 e. The van der Waals surface area contributed by atoms with Gasteiger partial charge in [0.15, 0.2) is 5.78 Å². The van der Waals surface area contributed by atoms with Crippen molar-refractivity contribution in [3.8, 4) is 0 Å². The average Bonchev–Trinajstić information content (AvgIpc) is 2.26. The van der Waals surface area contributed by atoms with E-state index in [2.05, 4.69) is 13.8 Å². The lowest BCUT2D eigenvalue weighted by atomic mass is 10.0. The summed E-state index contributed by atoms with van der Waals surface area (Å²) in [6.07, 6.45) is 4.67. The van der Waals surface area contributed by atoms with Crippen LogP contribution in [0.2, 0.25) is 0 Å². The Labute approximate surface area is 86.3 Å². The Hall–Kier alpha value is -0.790. The average molecular weight is 196 g/mol. The van der Waals surface area contributed by atoms with Gasteiger partial charge in [-0.1, -0.05) is 20.8 Å². The van der Waals surface area contributed by atoms with E-state index in [9.17, 15) is 4.79 Å². The van der Waals surface area contributed by atoms with Gasteiger partial charge >= 0.3 is 0 Å². The molecule has 0 unspecified atom stereocenters. The zero-order valence-electron chi connectivity index (χ0n) is 9.38. The van der Waals surface area contributed by atoms with E-state index in [0.717, 1.165) is 25.0 Å². The van der Waals surface area contributed by atoms with Crippen molar-refractivity contribution in [2.75, 3.05) is 6.61 Å². The first-order chi connectivity index (χ1) is 6.59. The lowest BCUT2D eigenvalue weighted by Gasteiger charge is -2.10. The fourth-order valence-electron chi connectivity index (χ4n) is 1.49. The molecular weight excluding hydrogens is 176 g/mol. The second-order valence-electron chi connectivity index (χ2n) is 4.51. The van der Waals surface area contributed by atoms with E-state index in [4.69, 9.17) is 4.74 Å². The highest BCUT2D eigenvalue weighted by atomic mass is 16.5. The number of carbonyl (C=O) groups excluding carboxylic acids is 1. The fourth-order valence-corrected chi connectivity index (χ4v) is 1.49. The Morgan fingerprint density at radius 1 is 1.57 bits per heavy atom. The van der Waals surface area contributed by atoms with Gasteiger partial charge in [0.1, 0.15) is 0 Å². The summed E-state index contributed by atoms with van der Waals surface area (Å²) in [5, 5.41) is 0. The van der Waals surface area contributed by atoms with Crippen molar-refractivity contribution >= 4 is 5.78 Å². The summed E-state index contributed by atoms with van der Waals surface area (Å²) in [6, 6.07) is 0. The monoisotopic (exact) mass is 196 g/mol. The van der Waals surface area contributed by atoms with Crippen LogP contribution in [-0.4, -0.2) is 12.4 Å². The summed E-state index contributed by atoms with van der Waals surface area (Å²) in [5.41, 5.74) is 0. The molecule has 1 rings (SSSR count). The molecule has 0 aliphatic heterocycles. The summed E-state index contributed by atoms with van der Waals surface area (Å²) >= 11 is 0. The van der Waals surface area contributed by atoms with Crippen LogP contribution in [0.25, 0.3) is 0 Å². The molecule has 0 aromatic heterocycles. The van der Waals surface area contributed by atoms with Crippen LogP contribution in [0.1, 0.15) is 40.0 Å². The van der Waals surface area contributed by atoms with Gasteiger partial charge in [-0.15, -0.1) is 0 Å². The zero-order chi connectivity index (χ0) is 10.6. The van der Waals surface area contributed by atoms with E-state index in [1.54, 1.807) is 6.08 Å². The van der Waals surface area contributed by atoms with Crippen LogP contribution in [0, 0.1) is 11.8 Å². The van der Waals surface area contributed by atoms with Gasteiger partial charge in [0.2, 0.25) is 0 Å². The number of allylic oxidation sites excluding steroid dienone is 2. The minimum atomic E-state index is 0.176. The van der Waals surface area contributed by atoms with Gasteiger partial charge in [-0.2, -0.15) is 0 Å². The lowest BCUT2D eigenvalue weighted by molar-refractivity contribution is -0.117. The summed E-state index contributed by atoms with van der Waals surface area (Å²) in [6.45, 7) is 6.93. The van der Waals surface area contributed by atoms with Crippen LogP contribution in [0.4, 0.5) is 0 Å². The number of ketones is 1. The molecule has 1 aliphatic carbocycles. The van der Waals surface area contributed by atoms with Crippen LogP contribution in [-0.2, 0) is 9.53 Å². The van der Waals surface area contributed by atoms with E-state index in [1.807, 2.05) is 6.92 Å². The molecule has 1 aliphatic rings. The molecule has 0 fully saturated rings. The first-order valence-electron chi connectivity index (χ1n) is 5.47. The number of ether oxygens (including phenoxy) is 1. The van der Waals surface area contributed by atoms with Crippen molar-refractivity contribution in [3.63, 3.8) is 0 Å². The predicted octanol–water partition coefficient (Wildman–Crippen LogP) is 2.93. The molecule has 0 aromatic carbocycles. The maximum Gasteiger partial charge on any atom is 0.161 e. The topological polar surface area (TPSA) is 26.3 Å². The van der Waals surface area contributed by atoms with Gasteiger partial charge in [0.05, 0.1) is 12.4 Å². The van der Waals surface area contributed by atoms with E-state index >= 15 is 0 Å². The SMILES string of the molecule is CC(C)COC1=CC(=O)[C@H](C)CCC1. The number of hydrogen-bond donors (Lipinski definition) is 0. The molecule has 2 nitrogen and oxygen atoms in total. The van der Waals surface area contributed by atoms with Gasteiger partial charge in [-0.05, 0) is 18.8 Å². The normalized spacial score (nSPS) is 23.3. The quantitative estimate of drug-likeness (QED) is 0.693. The highest BCUT2D eigenvalue weighted by Gasteiger charge is 2.16. The number of rotatable bonds is 3. The van der Waals surface area contributed by atoms with E-state index < -0.39 is 0 Å². The fraction of sp³-hybridized carbons (Fsp3) is 0.750. The third-order valence-corrected chi connectivity index (χ3v) is 2.45. The number of carbonyl (C=O) groups is 1. The summed E-state index contributed by atoms with van der Waals surface area (Å²) < 4.78 is 5.58. The maximum atomic E-state index is 11.5. The molecule has 2 heteroatoms. The highest BCUT2D eigenvalue weighted by Crippen LogP contribution is 2.20. The van der Waals surface area contributed by atoms with Gasteiger partial charge in [0, 0.05) is 18.4 Å². The van der Waals surface area contributed by atoms with Crippen LogP contribution < -0.4 is 0 Å². The molecule has 0 N–H and O–H groups in total. The third kappa shape index (κ3) is 3.52. The summed E-state index contributed by atoms with van der Waals surface area (Å²) in [7, 11) is 0. The van der Waals surface area contributed by atoms with Crippen molar-refractivity contribution in [1.29, 1.82) is 0 Å². The van der Waals surface area contributed by atoms with Crippen LogP contribution in [0.15, 0.2) is 11.8 Å². The smallest absolute Gasteiger partial charge is 0.161 e. The Kier molecular flexibility index (Phi) is 4.18. The van der Waals surface area contributed by atoms with E-state index in [0.29, 0.717) is 12.5 Å². The minimum Gasteiger partial charge on any atom is -0.498 e. The minimum absolute atomic E-state index is 0.176. The van der Waals surface area contributed by atoms with Crippen molar-refractivity contribution < 1.29 is 9.53 Å². The van der Waals surface area contributed by atoms with Gasteiger partial charge < -0.3 is 4.74 Å². The molecule has 0 spiro atoms.